The average molecular weight is 393 g/mol. The third-order valence-corrected chi connectivity index (χ3v) is 5.90. The predicted molar refractivity (Wildman–Crippen MR) is 117 cm³/mol. The molecule has 3 nitrogen and oxygen atoms in total. The lowest BCUT2D eigenvalue weighted by Gasteiger charge is -2.43. The number of carbonyl (C=O) groups is 2. The predicted octanol–water partition coefficient (Wildman–Crippen LogP) is 5.77. The van der Waals surface area contributed by atoms with E-state index in [-0.39, 0.29) is 17.0 Å². The summed E-state index contributed by atoms with van der Waals surface area (Å²) in [6.07, 6.45) is 0. The second-order valence-electron chi connectivity index (χ2n) is 10.2. The van der Waals surface area contributed by atoms with Crippen LogP contribution in [0, 0.1) is 6.92 Å². The maximum atomic E-state index is 13.2. The van der Waals surface area contributed by atoms with Crippen LogP contribution in [0.25, 0.3) is 11.1 Å². The van der Waals surface area contributed by atoms with Crippen molar-refractivity contribution in [1.29, 1.82) is 0 Å². The highest BCUT2D eigenvalue weighted by atomic mass is 16.5. The van der Waals surface area contributed by atoms with Crippen LogP contribution in [0.3, 0.4) is 0 Å². The van der Waals surface area contributed by atoms with Crippen LogP contribution in [0.1, 0.15) is 71.1 Å². The molecular formula is C26H32O3. The third kappa shape index (κ3) is 3.93. The summed E-state index contributed by atoms with van der Waals surface area (Å²) in [4.78, 5) is 26.3. The fraction of sp³-hybridized carbons (Fsp3) is 0.462. The molecule has 1 fully saturated rings. The smallest absolute Gasteiger partial charge is 0.179 e. The quantitative estimate of drug-likeness (QED) is 0.610. The van der Waals surface area contributed by atoms with Crippen molar-refractivity contribution in [3.05, 3.63) is 59.2 Å². The molecule has 1 aliphatic heterocycles. The Hall–Kier alpha value is -2.26. The van der Waals surface area contributed by atoms with E-state index in [0.717, 1.165) is 22.3 Å². The highest BCUT2D eigenvalue weighted by Crippen LogP contribution is 2.40. The molecule has 2 aromatic carbocycles. The molecule has 29 heavy (non-hydrogen) atoms. The number of hydrogen-bond acceptors (Lipinski definition) is 3. The molecule has 154 valence electrons. The van der Waals surface area contributed by atoms with Gasteiger partial charge in [0.15, 0.2) is 11.6 Å². The van der Waals surface area contributed by atoms with E-state index in [9.17, 15) is 9.59 Å². The van der Waals surface area contributed by atoms with E-state index in [1.165, 1.54) is 5.56 Å². The van der Waals surface area contributed by atoms with Crippen molar-refractivity contribution in [2.24, 2.45) is 0 Å². The van der Waals surface area contributed by atoms with Crippen LogP contribution in [0.2, 0.25) is 0 Å². The largest absolute Gasteiger partial charge is 0.354 e. The zero-order valence-electron chi connectivity index (χ0n) is 18.8. The van der Waals surface area contributed by atoms with E-state index in [4.69, 9.17) is 4.74 Å². The van der Waals surface area contributed by atoms with Crippen LogP contribution in [-0.2, 0) is 19.7 Å². The molecule has 0 aromatic heterocycles. The first-order valence-corrected chi connectivity index (χ1v) is 10.2. The van der Waals surface area contributed by atoms with Gasteiger partial charge in [0.1, 0.15) is 17.1 Å². The Balaban J connectivity index is 2.07. The first-order valence-electron chi connectivity index (χ1n) is 10.2. The molecule has 0 radical (unpaired) electrons. The van der Waals surface area contributed by atoms with Crippen LogP contribution >= 0.6 is 0 Å². The molecule has 1 heterocycles. The summed E-state index contributed by atoms with van der Waals surface area (Å²) in [5, 5.41) is 0. The van der Waals surface area contributed by atoms with Crippen LogP contribution < -0.4 is 0 Å². The Kier molecular flexibility index (Phi) is 5.11. The first-order chi connectivity index (χ1) is 13.2. The average Bonchev–Trinajstić information content (AvgIpc) is 2.60. The number of ether oxygens (including phenoxy) is 1. The van der Waals surface area contributed by atoms with Gasteiger partial charge in [0.25, 0.3) is 0 Å². The minimum Gasteiger partial charge on any atom is -0.354 e. The Morgan fingerprint density at radius 1 is 0.793 bits per heavy atom. The van der Waals surface area contributed by atoms with Crippen molar-refractivity contribution in [3.8, 4) is 11.1 Å². The summed E-state index contributed by atoms with van der Waals surface area (Å²) in [6.45, 7) is 15.5. The number of carbonyl (C=O) groups excluding carboxylic acids is 2. The standard InChI is InChI=1S/C26H32O3/c1-16-9-10-18(17-11-13-19(14-12-17)24(2,3)4)15-20(16)21-22(27)25(5,6)29-26(7,8)23(21)28/h9-15,21H,1-8H3. The molecule has 0 aliphatic carbocycles. The molecule has 0 unspecified atom stereocenters. The topological polar surface area (TPSA) is 43.4 Å². The summed E-state index contributed by atoms with van der Waals surface area (Å²) >= 11 is 0. The molecule has 1 saturated heterocycles. The van der Waals surface area contributed by atoms with Crippen molar-refractivity contribution >= 4 is 11.6 Å². The maximum Gasteiger partial charge on any atom is 0.179 e. The fourth-order valence-corrected chi connectivity index (χ4v) is 4.13. The number of benzene rings is 2. The third-order valence-electron chi connectivity index (χ3n) is 5.90. The highest BCUT2D eigenvalue weighted by molar-refractivity contribution is 6.15. The highest BCUT2D eigenvalue weighted by Gasteiger charge is 2.53. The molecule has 3 rings (SSSR count). The molecule has 0 bridgehead atoms. The van der Waals surface area contributed by atoms with Crippen molar-refractivity contribution in [3.63, 3.8) is 0 Å². The van der Waals surface area contributed by atoms with Gasteiger partial charge in [-0.3, -0.25) is 9.59 Å². The molecule has 0 saturated carbocycles. The van der Waals surface area contributed by atoms with Gasteiger partial charge >= 0.3 is 0 Å². The van der Waals surface area contributed by atoms with E-state index in [1.807, 2.05) is 19.1 Å². The van der Waals surface area contributed by atoms with E-state index >= 15 is 0 Å². The van der Waals surface area contributed by atoms with Crippen molar-refractivity contribution in [1.82, 2.24) is 0 Å². The maximum absolute atomic E-state index is 13.2. The molecule has 1 aliphatic rings. The molecule has 2 aromatic rings. The summed E-state index contributed by atoms with van der Waals surface area (Å²) in [7, 11) is 0. The summed E-state index contributed by atoms with van der Waals surface area (Å²) < 4.78 is 5.84. The Labute approximate surface area is 174 Å². The van der Waals surface area contributed by atoms with Gasteiger partial charge in [0, 0.05) is 0 Å². The number of Topliss-reactive ketones (excluding diaryl/α,β-unsaturated/α-hetero) is 2. The summed E-state index contributed by atoms with van der Waals surface area (Å²) in [6, 6.07) is 14.6. The van der Waals surface area contributed by atoms with Gasteiger partial charge in [0.2, 0.25) is 0 Å². The van der Waals surface area contributed by atoms with Gasteiger partial charge in [-0.1, -0.05) is 57.2 Å². The number of hydrogen-bond donors (Lipinski definition) is 0. The normalized spacial score (nSPS) is 19.4. The van der Waals surface area contributed by atoms with Crippen molar-refractivity contribution in [2.75, 3.05) is 0 Å². The number of rotatable bonds is 2. The number of aryl methyl sites for hydroxylation is 1. The monoisotopic (exact) mass is 392 g/mol. The molecule has 0 spiro atoms. The van der Waals surface area contributed by atoms with Gasteiger partial charge in [-0.2, -0.15) is 0 Å². The Bertz CT molecular complexity index is 930. The van der Waals surface area contributed by atoms with Crippen LogP contribution in [0.15, 0.2) is 42.5 Å². The van der Waals surface area contributed by atoms with Crippen LogP contribution in [0.5, 0.6) is 0 Å². The van der Waals surface area contributed by atoms with Crippen LogP contribution in [0.4, 0.5) is 0 Å². The lowest BCUT2D eigenvalue weighted by atomic mass is 9.73. The van der Waals surface area contributed by atoms with Gasteiger partial charge in [-0.05, 0) is 73.9 Å². The van der Waals surface area contributed by atoms with E-state index in [0.29, 0.717) is 0 Å². The second-order valence-corrected chi connectivity index (χ2v) is 10.2. The minimum atomic E-state index is -1.00. The van der Waals surface area contributed by atoms with E-state index in [2.05, 4.69) is 51.1 Å². The molecule has 0 amide bonds. The van der Waals surface area contributed by atoms with Gasteiger partial charge in [0.05, 0.1) is 0 Å². The Morgan fingerprint density at radius 2 is 1.28 bits per heavy atom. The zero-order valence-corrected chi connectivity index (χ0v) is 18.8. The van der Waals surface area contributed by atoms with Crippen molar-refractivity contribution in [2.45, 2.75) is 77.9 Å². The second kappa shape index (κ2) is 6.91. The lowest BCUT2D eigenvalue weighted by Crippen LogP contribution is -2.58. The van der Waals surface area contributed by atoms with E-state index < -0.39 is 17.1 Å². The summed E-state index contributed by atoms with van der Waals surface area (Å²) in [5.74, 6) is -1.15. The molecular weight excluding hydrogens is 360 g/mol. The molecule has 3 heteroatoms. The SMILES string of the molecule is Cc1ccc(-c2ccc(C(C)(C)C)cc2)cc1C1C(=O)C(C)(C)OC(C)(C)C1=O. The van der Waals surface area contributed by atoms with Gasteiger partial charge < -0.3 is 4.74 Å². The molecule has 0 N–H and O–H groups in total. The Morgan fingerprint density at radius 3 is 1.76 bits per heavy atom. The van der Waals surface area contributed by atoms with Crippen LogP contribution in [-0.4, -0.2) is 22.8 Å². The fourth-order valence-electron chi connectivity index (χ4n) is 4.13. The van der Waals surface area contributed by atoms with E-state index in [1.54, 1.807) is 27.7 Å². The minimum absolute atomic E-state index is 0.0923. The van der Waals surface area contributed by atoms with Gasteiger partial charge in [-0.15, -0.1) is 0 Å². The zero-order chi connectivity index (χ0) is 21.8. The van der Waals surface area contributed by atoms with Gasteiger partial charge in [-0.25, -0.2) is 0 Å². The molecule has 0 atom stereocenters. The summed E-state index contributed by atoms with van der Waals surface area (Å²) in [5.41, 5.74) is 3.17. The first kappa shape index (κ1) is 21.4. The number of ketones is 2. The van der Waals surface area contributed by atoms with Crippen molar-refractivity contribution < 1.29 is 14.3 Å². The lowest BCUT2D eigenvalue weighted by molar-refractivity contribution is -0.184.